The Morgan fingerprint density at radius 3 is 2.79 bits per heavy atom. The zero-order valence-electron chi connectivity index (χ0n) is 22.5. The molecule has 6 rings (SSSR count). The number of hydrogen-bond donors (Lipinski definition) is 2. The van der Waals surface area contributed by atoms with Crippen molar-refractivity contribution in [3.05, 3.63) is 63.5 Å². The second kappa shape index (κ2) is 9.46. The molecule has 10 nitrogen and oxygen atoms in total. The summed E-state index contributed by atoms with van der Waals surface area (Å²) >= 11 is 0. The summed E-state index contributed by atoms with van der Waals surface area (Å²) in [6.07, 6.45) is 5.99. The summed E-state index contributed by atoms with van der Waals surface area (Å²) in [5, 5.41) is 13.2. The summed E-state index contributed by atoms with van der Waals surface area (Å²) in [6.45, 7) is 5.76. The number of carbonyl (C=O) groups excluding carboxylic acids is 2. The smallest absolute Gasteiger partial charge is 0.276 e. The summed E-state index contributed by atoms with van der Waals surface area (Å²) in [7, 11) is 1.61. The average Bonchev–Trinajstić information content (AvgIpc) is 3.62. The highest BCUT2D eigenvalue weighted by Gasteiger charge is 2.37. The molecule has 0 saturated carbocycles. The minimum absolute atomic E-state index is 0.127. The normalized spacial score (nSPS) is 19.7. The first-order valence-electron chi connectivity index (χ1n) is 13.4. The Hall–Kier alpha value is -3.76. The number of carbonyl (C=O) groups is 2. The monoisotopic (exact) mass is 531 g/mol. The third-order valence-electron chi connectivity index (χ3n) is 8.05. The van der Waals surface area contributed by atoms with Crippen LogP contribution in [0.3, 0.4) is 0 Å². The number of aliphatic hydroxyl groups is 1. The molecule has 3 aliphatic rings. The standard InChI is InChI=1S/C29H33N5O5/c1-29(2)13-17-12-22-28(38)34(9-8-33(22)23(17)14-29)25-20(16-35)19(6-7-30-25)18-11-21(27(37)32(3)15-18)31-26(36)24-5-4-10-39-24/h6-7,11-12,15,24,35H,4-5,8-10,13-14,16H2,1-3H3,(H,31,36)/t24-/m0/s1. The van der Waals surface area contributed by atoms with Crippen molar-refractivity contribution in [2.24, 2.45) is 12.5 Å². The third kappa shape index (κ3) is 4.37. The van der Waals surface area contributed by atoms with Crippen LogP contribution in [0.1, 0.15) is 54.0 Å². The molecule has 3 aromatic heterocycles. The van der Waals surface area contributed by atoms with Crippen molar-refractivity contribution in [2.75, 3.05) is 23.4 Å². The first-order valence-corrected chi connectivity index (χ1v) is 13.4. The van der Waals surface area contributed by atoms with E-state index in [1.807, 2.05) is 6.07 Å². The summed E-state index contributed by atoms with van der Waals surface area (Å²) in [5.41, 5.74) is 4.83. The highest BCUT2D eigenvalue weighted by molar-refractivity contribution is 6.06. The van der Waals surface area contributed by atoms with E-state index >= 15 is 0 Å². The van der Waals surface area contributed by atoms with Gasteiger partial charge in [-0.25, -0.2) is 4.98 Å². The van der Waals surface area contributed by atoms with Gasteiger partial charge < -0.3 is 24.3 Å². The number of aromatic nitrogens is 3. The second-order valence-corrected chi connectivity index (χ2v) is 11.5. The van der Waals surface area contributed by atoms with Crippen molar-refractivity contribution >= 4 is 23.3 Å². The Labute approximate surface area is 226 Å². The van der Waals surface area contributed by atoms with Gasteiger partial charge in [0.2, 0.25) is 0 Å². The van der Waals surface area contributed by atoms with Gasteiger partial charge in [-0.15, -0.1) is 0 Å². The number of amides is 2. The van der Waals surface area contributed by atoms with E-state index in [9.17, 15) is 19.5 Å². The van der Waals surface area contributed by atoms with Crippen molar-refractivity contribution in [2.45, 2.75) is 58.8 Å². The van der Waals surface area contributed by atoms with Gasteiger partial charge in [0, 0.05) is 56.0 Å². The van der Waals surface area contributed by atoms with Crippen LogP contribution in [0.2, 0.25) is 0 Å². The van der Waals surface area contributed by atoms with Crippen molar-refractivity contribution < 1.29 is 19.4 Å². The molecule has 2 amide bonds. The summed E-state index contributed by atoms with van der Waals surface area (Å²) < 4.78 is 8.99. The van der Waals surface area contributed by atoms with Gasteiger partial charge in [-0.1, -0.05) is 13.8 Å². The molecular formula is C29H33N5O5. The lowest BCUT2D eigenvalue weighted by Crippen LogP contribution is -2.41. The first-order chi connectivity index (χ1) is 18.7. The average molecular weight is 532 g/mol. The van der Waals surface area contributed by atoms with Crippen LogP contribution < -0.4 is 15.8 Å². The Kier molecular flexibility index (Phi) is 6.19. The summed E-state index contributed by atoms with van der Waals surface area (Å²) in [5.74, 6) is -0.0960. The predicted octanol–water partition coefficient (Wildman–Crippen LogP) is 2.64. The lowest BCUT2D eigenvalue weighted by atomic mass is 9.90. The van der Waals surface area contributed by atoms with Crippen LogP contribution >= 0.6 is 0 Å². The molecule has 1 aliphatic carbocycles. The molecule has 2 aliphatic heterocycles. The van der Waals surface area contributed by atoms with E-state index in [-0.39, 0.29) is 35.1 Å². The van der Waals surface area contributed by atoms with Gasteiger partial charge in [0.1, 0.15) is 23.3 Å². The fourth-order valence-electron chi connectivity index (χ4n) is 6.20. The number of aliphatic hydroxyl groups excluding tert-OH is 1. The van der Waals surface area contributed by atoms with Crippen molar-refractivity contribution in [3.63, 3.8) is 0 Å². The van der Waals surface area contributed by atoms with Crippen LogP contribution in [-0.4, -0.2) is 50.3 Å². The van der Waals surface area contributed by atoms with E-state index in [1.165, 1.54) is 15.8 Å². The van der Waals surface area contributed by atoms with E-state index in [2.05, 4.69) is 28.7 Å². The molecule has 0 aromatic carbocycles. The maximum atomic E-state index is 13.7. The van der Waals surface area contributed by atoms with Crippen LogP contribution in [0.15, 0.2) is 35.4 Å². The second-order valence-electron chi connectivity index (χ2n) is 11.5. The highest BCUT2D eigenvalue weighted by Crippen LogP contribution is 2.40. The Morgan fingerprint density at radius 2 is 2.05 bits per heavy atom. The van der Waals surface area contributed by atoms with Crippen LogP contribution in [0.25, 0.3) is 11.1 Å². The minimum atomic E-state index is -0.574. The Balaban J connectivity index is 1.35. The van der Waals surface area contributed by atoms with Crippen LogP contribution in [0, 0.1) is 5.41 Å². The van der Waals surface area contributed by atoms with E-state index in [4.69, 9.17) is 4.74 Å². The van der Waals surface area contributed by atoms with Crippen LogP contribution in [-0.2, 0) is 42.6 Å². The molecule has 0 unspecified atom stereocenters. The first kappa shape index (κ1) is 25.5. The maximum Gasteiger partial charge on any atom is 0.276 e. The topological polar surface area (TPSA) is 119 Å². The van der Waals surface area contributed by atoms with Crippen LogP contribution in [0.5, 0.6) is 0 Å². The number of nitrogens with one attached hydrogen (secondary N) is 1. The highest BCUT2D eigenvalue weighted by atomic mass is 16.5. The van der Waals surface area contributed by atoms with Gasteiger partial charge in [0.25, 0.3) is 17.4 Å². The fraction of sp³-hybridized carbons (Fsp3) is 0.448. The van der Waals surface area contributed by atoms with E-state index < -0.39 is 6.10 Å². The molecule has 1 atom stereocenters. The number of nitrogens with zero attached hydrogens (tertiary/aromatic N) is 4. The minimum Gasteiger partial charge on any atom is -0.392 e. The van der Waals surface area contributed by atoms with E-state index in [1.54, 1.807) is 36.5 Å². The van der Waals surface area contributed by atoms with Gasteiger partial charge in [0.05, 0.1) is 6.61 Å². The molecule has 0 bridgehead atoms. The quantitative estimate of drug-likeness (QED) is 0.523. The predicted molar refractivity (Wildman–Crippen MR) is 146 cm³/mol. The molecule has 0 radical (unpaired) electrons. The SMILES string of the molecule is Cn1cc(-c2ccnc(N3CCn4c(cc5c4CC(C)(C)C5)C3=O)c2CO)cc(NC(=O)[C@@H]2CCCO2)c1=O. The lowest BCUT2D eigenvalue weighted by molar-refractivity contribution is -0.124. The zero-order chi connectivity index (χ0) is 27.5. The molecule has 3 aromatic rings. The maximum absolute atomic E-state index is 13.7. The number of aryl methyl sites for hydroxylation is 1. The van der Waals surface area contributed by atoms with Crippen molar-refractivity contribution in [3.8, 4) is 11.1 Å². The van der Waals surface area contributed by atoms with E-state index in [0.29, 0.717) is 54.3 Å². The van der Waals surface area contributed by atoms with Gasteiger partial charge >= 0.3 is 0 Å². The molecule has 1 fully saturated rings. The number of hydrogen-bond acceptors (Lipinski definition) is 6. The van der Waals surface area contributed by atoms with Crippen LogP contribution in [0.4, 0.5) is 11.5 Å². The summed E-state index contributed by atoms with van der Waals surface area (Å²) in [4.78, 5) is 45.3. The molecule has 1 saturated heterocycles. The Morgan fingerprint density at radius 1 is 1.23 bits per heavy atom. The molecule has 5 heterocycles. The van der Waals surface area contributed by atoms with Crippen molar-refractivity contribution in [1.29, 1.82) is 0 Å². The Bertz CT molecular complexity index is 1550. The molecule has 10 heteroatoms. The zero-order valence-corrected chi connectivity index (χ0v) is 22.5. The number of anilines is 2. The molecule has 2 N–H and O–H groups in total. The fourth-order valence-corrected chi connectivity index (χ4v) is 6.20. The van der Waals surface area contributed by atoms with Gasteiger partial charge in [0.15, 0.2) is 0 Å². The van der Waals surface area contributed by atoms with Gasteiger partial charge in [-0.2, -0.15) is 0 Å². The molecule has 204 valence electrons. The largest absolute Gasteiger partial charge is 0.392 e. The number of ether oxygens (including phenoxy) is 1. The number of fused-ring (bicyclic) bond motifs is 3. The lowest BCUT2D eigenvalue weighted by Gasteiger charge is -2.31. The van der Waals surface area contributed by atoms with Gasteiger partial charge in [-0.3, -0.25) is 19.3 Å². The molecular weight excluding hydrogens is 498 g/mol. The number of rotatable bonds is 5. The van der Waals surface area contributed by atoms with Gasteiger partial charge in [-0.05, 0) is 60.4 Å². The summed E-state index contributed by atoms with van der Waals surface area (Å²) in [6, 6.07) is 5.36. The van der Waals surface area contributed by atoms with Crippen molar-refractivity contribution in [1.82, 2.24) is 14.1 Å². The molecule has 0 spiro atoms. The third-order valence-corrected chi connectivity index (χ3v) is 8.05. The number of pyridine rings is 2. The molecule has 39 heavy (non-hydrogen) atoms. The van der Waals surface area contributed by atoms with E-state index in [0.717, 1.165) is 19.3 Å².